The van der Waals surface area contributed by atoms with Crippen LogP contribution in [-0.4, -0.2) is 12.0 Å². The summed E-state index contributed by atoms with van der Waals surface area (Å²) in [5, 5.41) is 0. The zero-order chi connectivity index (χ0) is 12.5. The average Bonchev–Trinajstić information content (AvgIpc) is 2.79. The van der Waals surface area contributed by atoms with E-state index in [-0.39, 0.29) is 5.78 Å². The quantitative estimate of drug-likeness (QED) is 0.721. The predicted molar refractivity (Wildman–Crippen MR) is 67.2 cm³/mol. The standard InChI is InChI=1S/C15H19FO/c1-11(17)13-7-3-4-8-14(13)15(12(2)16)9-5-6-10-15/h3-4,7-8,12H,5-6,9-10H2,1-2H3. The maximum Gasteiger partial charge on any atom is 0.160 e. The van der Waals surface area contributed by atoms with Gasteiger partial charge in [-0.25, -0.2) is 4.39 Å². The summed E-state index contributed by atoms with van der Waals surface area (Å²) in [5.41, 5.74) is 1.18. The van der Waals surface area contributed by atoms with Gasteiger partial charge in [0.05, 0.1) is 0 Å². The van der Waals surface area contributed by atoms with Crippen molar-refractivity contribution in [1.82, 2.24) is 0 Å². The van der Waals surface area contributed by atoms with Gasteiger partial charge in [-0.2, -0.15) is 0 Å². The lowest BCUT2D eigenvalue weighted by molar-refractivity contribution is 0.101. The fourth-order valence-electron chi connectivity index (χ4n) is 3.11. The van der Waals surface area contributed by atoms with Crippen LogP contribution < -0.4 is 0 Å². The van der Waals surface area contributed by atoms with Gasteiger partial charge in [0.15, 0.2) is 5.78 Å². The van der Waals surface area contributed by atoms with Crippen LogP contribution in [0.5, 0.6) is 0 Å². The van der Waals surface area contributed by atoms with Gasteiger partial charge >= 0.3 is 0 Å². The molecule has 0 saturated heterocycles. The Labute approximate surface area is 102 Å². The van der Waals surface area contributed by atoms with E-state index in [1.54, 1.807) is 13.8 Å². The lowest BCUT2D eigenvalue weighted by Gasteiger charge is -2.32. The van der Waals surface area contributed by atoms with Crippen molar-refractivity contribution in [3.8, 4) is 0 Å². The van der Waals surface area contributed by atoms with Gasteiger partial charge < -0.3 is 0 Å². The molecule has 1 atom stereocenters. The van der Waals surface area contributed by atoms with E-state index < -0.39 is 11.6 Å². The molecular formula is C15H19FO. The minimum atomic E-state index is -0.898. The number of ketones is 1. The van der Waals surface area contributed by atoms with Gasteiger partial charge in [0, 0.05) is 11.0 Å². The highest BCUT2D eigenvalue weighted by Gasteiger charge is 2.42. The molecule has 1 fully saturated rings. The summed E-state index contributed by atoms with van der Waals surface area (Å²) in [6.45, 7) is 3.19. The molecule has 17 heavy (non-hydrogen) atoms. The molecule has 1 aromatic carbocycles. The highest BCUT2D eigenvalue weighted by Crippen LogP contribution is 2.46. The monoisotopic (exact) mass is 234 g/mol. The molecule has 0 bridgehead atoms. The van der Waals surface area contributed by atoms with Crippen LogP contribution in [-0.2, 0) is 5.41 Å². The number of hydrogen-bond donors (Lipinski definition) is 0. The highest BCUT2D eigenvalue weighted by molar-refractivity contribution is 5.96. The Balaban J connectivity index is 2.54. The highest BCUT2D eigenvalue weighted by atomic mass is 19.1. The Hall–Kier alpha value is -1.18. The second kappa shape index (κ2) is 4.59. The number of Topliss-reactive ketones (excluding diaryl/α,β-unsaturated/α-hetero) is 1. The lowest BCUT2D eigenvalue weighted by atomic mass is 9.73. The van der Waals surface area contributed by atoms with Gasteiger partial charge in [0.2, 0.25) is 0 Å². The summed E-state index contributed by atoms with van der Waals surface area (Å²) >= 11 is 0. The van der Waals surface area contributed by atoms with E-state index >= 15 is 0 Å². The smallest absolute Gasteiger partial charge is 0.160 e. The molecule has 0 amide bonds. The molecule has 0 heterocycles. The molecule has 92 valence electrons. The minimum Gasteiger partial charge on any atom is -0.295 e. The molecule has 1 aromatic rings. The van der Waals surface area contributed by atoms with Crippen molar-refractivity contribution in [2.45, 2.75) is 51.1 Å². The van der Waals surface area contributed by atoms with Crippen LogP contribution in [0.25, 0.3) is 0 Å². The van der Waals surface area contributed by atoms with Crippen molar-refractivity contribution in [1.29, 1.82) is 0 Å². The second-order valence-corrected chi connectivity index (χ2v) is 5.08. The third kappa shape index (κ3) is 2.01. The van der Waals surface area contributed by atoms with E-state index in [9.17, 15) is 9.18 Å². The summed E-state index contributed by atoms with van der Waals surface area (Å²) in [4.78, 5) is 11.7. The second-order valence-electron chi connectivity index (χ2n) is 5.08. The first-order valence-corrected chi connectivity index (χ1v) is 6.32. The average molecular weight is 234 g/mol. The van der Waals surface area contributed by atoms with E-state index in [0.717, 1.165) is 31.2 Å². The molecule has 1 nitrogen and oxygen atoms in total. The van der Waals surface area contributed by atoms with E-state index in [1.165, 1.54) is 0 Å². The zero-order valence-electron chi connectivity index (χ0n) is 10.5. The number of alkyl halides is 1. The predicted octanol–water partition coefficient (Wildman–Crippen LogP) is 4.06. The van der Waals surface area contributed by atoms with Crippen molar-refractivity contribution in [3.05, 3.63) is 35.4 Å². The Kier molecular flexibility index (Phi) is 3.32. The van der Waals surface area contributed by atoms with Gasteiger partial charge in [-0.05, 0) is 32.3 Å². The topological polar surface area (TPSA) is 17.1 Å². The molecule has 1 unspecified atom stereocenters. The molecule has 2 rings (SSSR count). The summed E-state index contributed by atoms with van der Waals surface area (Å²) in [6.07, 6.45) is 2.93. The van der Waals surface area contributed by atoms with Gasteiger partial charge in [-0.15, -0.1) is 0 Å². The first kappa shape index (κ1) is 12.3. The van der Waals surface area contributed by atoms with Gasteiger partial charge in [0.25, 0.3) is 0 Å². The van der Waals surface area contributed by atoms with Crippen molar-refractivity contribution < 1.29 is 9.18 Å². The molecule has 0 radical (unpaired) electrons. The Morgan fingerprint density at radius 3 is 2.41 bits per heavy atom. The van der Waals surface area contributed by atoms with Gasteiger partial charge in [-0.1, -0.05) is 37.1 Å². The summed E-state index contributed by atoms with van der Waals surface area (Å²) < 4.78 is 14.1. The molecule has 2 heteroatoms. The maximum absolute atomic E-state index is 14.1. The lowest BCUT2D eigenvalue weighted by Crippen LogP contribution is -2.33. The zero-order valence-corrected chi connectivity index (χ0v) is 10.5. The summed E-state index contributed by atoms with van der Waals surface area (Å²) in [5.74, 6) is 0.0347. The van der Waals surface area contributed by atoms with Crippen LogP contribution in [0.3, 0.4) is 0 Å². The van der Waals surface area contributed by atoms with Crippen LogP contribution in [0.2, 0.25) is 0 Å². The van der Waals surface area contributed by atoms with E-state index in [2.05, 4.69) is 0 Å². The third-order valence-corrected chi connectivity index (χ3v) is 4.10. The summed E-state index contributed by atoms with van der Waals surface area (Å²) in [7, 11) is 0. The molecule has 1 saturated carbocycles. The number of halogens is 1. The number of hydrogen-bond acceptors (Lipinski definition) is 1. The van der Waals surface area contributed by atoms with Crippen LogP contribution >= 0.6 is 0 Å². The number of carbonyl (C=O) groups is 1. The number of carbonyl (C=O) groups excluding carboxylic acids is 1. The Bertz CT molecular complexity index is 417. The summed E-state index contributed by atoms with van der Waals surface area (Å²) in [6, 6.07) is 7.51. The first-order chi connectivity index (χ1) is 8.08. The van der Waals surface area contributed by atoms with Gasteiger partial charge in [-0.3, -0.25) is 4.79 Å². The van der Waals surface area contributed by atoms with Crippen LogP contribution in [0, 0.1) is 0 Å². The fourth-order valence-corrected chi connectivity index (χ4v) is 3.11. The van der Waals surface area contributed by atoms with Crippen molar-refractivity contribution >= 4 is 5.78 Å². The van der Waals surface area contributed by atoms with Crippen LogP contribution in [0.1, 0.15) is 55.5 Å². The molecule has 0 N–H and O–H groups in total. The molecular weight excluding hydrogens is 215 g/mol. The number of rotatable bonds is 3. The molecule has 1 aliphatic carbocycles. The normalized spacial score (nSPS) is 20.2. The largest absolute Gasteiger partial charge is 0.295 e. The van der Waals surface area contributed by atoms with Crippen LogP contribution in [0.4, 0.5) is 4.39 Å². The van der Waals surface area contributed by atoms with Crippen molar-refractivity contribution in [2.24, 2.45) is 0 Å². The van der Waals surface area contributed by atoms with E-state index in [0.29, 0.717) is 5.56 Å². The minimum absolute atomic E-state index is 0.0347. The van der Waals surface area contributed by atoms with E-state index in [4.69, 9.17) is 0 Å². The van der Waals surface area contributed by atoms with Crippen molar-refractivity contribution in [3.63, 3.8) is 0 Å². The molecule has 0 aromatic heterocycles. The van der Waals surface area contributed by atoms with Gasteiger partial charge in [0.1, 0.15) is 6.17 Å². The van der Waals surface area contributed by atoms with Crippen LogP contribution in [0.15, 0.2) is 24.3 Å². The molecule has 0 aliphatic heterocycles. The maximum atomic E-state index is 14.1. The fraction of sp³-hybridized carbons (Fsp3) is 0.533. The molecule has 0 spiro atoms. The first-order valence-electron chi connectivity index (χ1n) is 6.32. The van der Waals surface area contributed by atoms with E-state index in [1.807, 2.05) is 24.3 Å². The van der Waals surface area contributed by atoms with Crippen molar-refractivity contribution in [2.75, 3.05) is 0 Å². The third-order valence-electron chi connectivity index (χ3n) is 4.10. The number of benzene rings is 1. The Morgan fingerprint density at radius 1 is 1.29 bits per heavy atom. The molecule has 1 aliphatic rings. The Morgan fingerprint density at radius 2 is 1.88 bits per heavy atom. The SMILES string of the molecule is CC(=O)c1ccccc1C1(C(C)F)CCCC1.